The molecule has 20 heteroatoms. The Balaban J connectivity index is 2.39. The van der Waals surface area contributed by atoms with Crippen LogP contribution in [0, 0.1) is 0 Å². The number of ether oxygens (including phenoxy) is 4. The summed E-state index contributed by atoms with van der Waals surface area (Å²) in [6.07, 6.45) is 7.38. The number of unbranched alkanes of at least 4 members (excludes halogenated alkanes) is 1. The van der Waals surface area contributed by atoms with Crippen molar-refractivity contribution in [1.82, 2.24) is 33.8 Å². The third-order valence-electron chi connectivity index (χ3n) is 8.17. The zero-order valence-electron chi connectivity index (χ0n) is 38.5. The average Bonchev–Trinajstić information content (AvgIpc) is 3.70. The molecule has 0 saturated carbocycles. The monoisotopic (exact) mass is 876 g/mol. The van der Waals surface area contributed by atoms with Gasteiger partial charge < -0.3 is 48.7 Å². The number of aromatic nitrogens is 4. The lowest BCUT2D eigenvalue weighted by molar-refractivity contribution is -0.165. The van der Waals surface area contributed by atoms with Crippen molar-refractivity contribution >= 4 is 41.7 Å². The second-order valence-corrected chi connectivity index (χ2v) is 18.9. The molecule has 2 amide bonds. The second kappa shape index (κ2) is 22.6. The number of carboxylic acid groups (broad SMARTS) is 1. The fourth-order valence-electron chi connectivity index (χ4n) is 5.78. The first kappa shape index (κ1) is 52.8. The number of carbonyl (C=O) groups is 7. The average molecular weight is 877 g/mol. The number of hydrogen-bond donors (Lipinski definition) is 2. The van der Waals surface area contributed by atoms with E-state index in [-0.39, 0.29) is 32.6 Å². The van der Waals surface area contributed by atoms with Crippen LogP contribution < -0.4 is 5.73 Å². The SMILES string of the molecule is CC(C)(C)OC(=O)CN(CC(=O)OC(C)(C)C)C(=O)Cn1ccnc1CN(CCCCC(N)C(=O)O)Cc1nccn1CC(=O)N(CC(=O)OC(C)(C)C)CC(=O)OC(C)(C)C. The van der Waals surface area contributed by atoms with Crippen LogP contribution in [-0.2, 0) is 78.7 Å². The van der Waals surface area contributed by atoms with Gasteiger partial charge in [0.25, 0.3) is 0 Å². The van der Waals surface area contributed by atoms with Gasteiger partial charge in [0.15, 0.2) is 0 Å². The molecule has 0 aliphatic carbocycles. The largest absolute Gasteiger partial charge is 0.480 e. The predicted molar refractivity (Wildman–Crippen MR) is 225 cm³/mol. The molecule has 0 aliphatic rings. The Morgan fingerprint density at radius 1 is 0.597 bits per heavy atom. The van der Waals surface area contributed by atoms with E-state index in [1.54, 1.807) is 105 Å². The molecule has 348 valence electrons. The first-order valence-electron chi connectivity index (χ1n) is 20.5. The van der Waals surface area contributed by atoms with Crippen LogP contribution in [0.5, 0.6) is 0 Å². The Hall–Kier alpha value is -5.37. The number of esters is 4. The number of amides is 2. The summed E-state index contributed by atoms with van der Waals surface area (Å²) in [5.41, 5.74) is 2.41. The maximum atomic E-state index is 13.8. The number of hydrogen-bond acceptors (Lipinski definition) is 15. The van der Waals surface area contributed by atoms with Crippen LogP contribution in [0.1, 0.15) is 114 Å². The molecule has 0 spiro atoms. The van der Waals surface area contributed by atoms with Gasteiger partial charge in [-0.15, -0.1) is 0 Å². The van der Waals surface area contributed by atoms with Crippen molar-refractivity contribution in [3.8, 4) is 0 Å². The molecule has 0 saturated heterocycles. The lowest BCUT2D eigenvalue weighted by Crippen LogP contribution is -2.44. The number of nitrogens with zero attached hydrogens (tertiary/aromatic N) is 7. The molecular formula is C42H68N8O12. The van der Waals surface area contributed by atoms with Crippen molar-refractivity contribution in [1.29, 1.82) is 0 Å². The van der Waals surface area contributed by atoms with Gasteiger partial charge in [-0.1, -0.05) is 6.42 Å². The van der Waals surface area contributed by atoms with E-state index in [0.717, 1.165) is 9.80 Å². The van der Waals surface area contributed by atoms with Gasteiger partial charge in [0.2, 0.25) is 11.8 Å². The second-order valence-electron chi connectivity index (χ2n) is 18.9. The van der Waals surface area contributed by atoms with E-state index in [1.165, 1.54) is 12.4 Å². The van der Waals surface area contributed by atoms with Gasteiger partial charge in [-0.25, -0.2) is 9.97 Å². The predicted octanol–water partition coefficient (Wildman–Crippen LogP) is 2.69. The number of nitrogens with two attached hydrogens (primary N) is 1. The van der Waals surface area contributed by atoms with Gasteiger partial charge in [0.1, 0.15) is 79.4 Å². The molecule has 2 aromatic rings. The van der Waals surface area contributed by atoms with Crippen LogP contribution in [-0.4, -0.2) is 142 Å². The van der Waals surface area contributed by atoms with Gasteiger partial charge >= 0.3 is 29.8 Å². The fourth-order valence-corrected chi connectivity index (χ4v) is 5.78. The van der Waals surface area contributed by atoms with E-state index in [1.807, 2.05) is 4.90 Å². The van der Waals surface area contributed by atoms with Crippen LogP contribution in [0.15, 0.2) is 24.8 Å². The first-order chi connectivity index (χ1) is 28.4. The minimum atomic E-state index is -1.11. The van der Waals surface area contributed by atoms with Crippen LogP contribution in [0.25, 0.3) is 0 Å². The number of aliphatic carboxylic acids is 1. The molecule has 2 heterocycles. The summed E-state index contributed by atoms with van der Waals surface area (Å²) >= 11 is 0. The Kier molecular flexibility index (Phi) is 19.3. The first-order valence-corrected chi connectivity index (χ1v) is 20.5. The Morgan fingerprint density at radius 2 is 0.919 bits per heavy atom. The molecular weight excluding hydrogens is 809 g/mol. The van der Waals surface area contributed by atoms with Gasteiger partial charge in [-0.3, -0.25) is 38.5 Å². The van der Waals surface area contributed by atoms with E-state index in [0.29, 0.717) is 31.0 Å². The summed E-state index contributed by atoms with van der Waals surface area (Å²) in [6.45, 7) is 18.3. The zero-order valence-corrected chi connectivity index (χ0v) is 38.5. The zero-order chi connectivity index (χ0) is 47.2. The molecule has 0 fully saturated rings. The molecule has 2 rings (SSSR count). The van der Waals surface area contributed by atoms with Gasteiger partial charge in [0.05, 0.1) is 13.1 Å². The number of carbonyl (C=O) groups excluding carboxylic acids is 6. The van der Waals surface area contributed by atoms with E-state index in [9.17, 15) is 38.7 Å². The summed E-state index contributed by atoms with van der Waals surface area (Å²) in [4.78, 5) is 103. The van der Waals surface area contributed by atoms with Gasteiger partial charge in [-0.05, 0) is 102 Å². The molecule has 0 bridgehead atoms. The quantitative estimate of drug-likeness (QED) is 0.0981. The van der Waals surface area contributed by atoms with Gasteiger partial charge in [0, 0.05) is 24.8 Å². The number of rotatable bonds is 22. The standard InChI is InChI=1S/C42H68N8O12/c1-39(2,3)59-34(53)25-49(26-35(54)60-40(4,5)6)32(51)23-47-19-16-44-30(47)21-46(18-14-13-15-29(43)38(57)58)22-31-45-17-20-48(31)24-33(52)50(27-36(55)61-41(7,8)9)28-37(56)62-42(10,11)12/h16-17,19-20,29H,13-15,18,21-28,43H2,1-12H3,(H,57,58). The highest BCUT2D eigenvalue weighted by atomic mass is 16.6. The van der Waals surface area contributed by atoms with E-state index in [4.69, 9.17) is 24.7 Å². The summed E-state index contributed by atoms with van der Waals surface area (Å²) < 4.78 is 24.9. The summed E-state index contributed by atoms with van der Waals surface area (Å²) in [7, 11) is 0. The van der Waals surface area contributed by atoms with Crippen LogP contribution >= 0.6 is 0 Å². The maximum absolute atomic E-state index is 13.8. The third-order valence-corrected chi connectivity index (χ3v) is 8.17. The lowest BCUT2D eigenvalue weighted by atomic mass is 10.1. The maximum Gasteiger partial charge on any atom is 0.326 e. The normalized spacial score (nSPS) is 12.7. The summed E-state index contributed by atoms with van der Waals surface area (Å²) in [6, 6.07) is -1.04. The van der Waals surface area contributed by atoms with E-state index < -0.39 is 96.3 Å². The smallest absolute Gasteiger partial charge is 0.326 e. The van der Waals surface area contributed by atoms with Crippen LogP contribution in [0.2, 0.25) is 0 Å². The van der Waals surface area contributed by atoms with Gasteiger partial charge in [-0.2, -0.15) is 0 Å². The molecule has 20 nitrogen and oxygen atoms in total. The van der Waals surface area contributed by atoms with Crippen LogP contribution in [0.4, 0.5) is 0 Å². The van der Waals surface area contributed by atoms with E-state index >= 15 is 0 Å². The Bertz CT molecular complexity index is 1670. The van der Waals surface area contributed by atoms with Crippen molar-refractivity contribution in [3.05, 3.63) is 36.4 Å². The highest BCUT2D eigenvalue weighted by molar-refractivity contribution is 5.87. The van der Waals surface area contributed by atoms with Crippen molar-refractivity contribution in [3.63, 3.8) is 0 Å². The lowest BCUT2D eigenvalue weighted by Gasteiger charge is -2.27. The minimum absolute atomic E-state index is 0.146. The molecule has 1 unspecified atom stereocenters. The fraction of sp³-hybridized carbons (Fsp3) is 0.690. The highest BCUT2D eigenvalue weighted by Crippen LogP contribution is 2.16. The highest BCUT2D eigenvalue weighted by Gasteiger charge is 2.29. The Labute approximate surface area is 364 Å². The van der Waals surface area contributed by atoms with Crippen molar-refractivity contribution < 1.29 is 57.6 Å². The minimum Gasteiger partial charge on any atom is -0.480 e. The van der Waals surface area contributed by atoms with Crippen molar-refractivity contribution in [2.75, 3.05) is 32.7 Å². The molecule has 2 aromatic heterocycles. The molecule has 0 radical (unpaired) electrons. The van der Waals surface area contributed by atoms with E-state index in [2.05, 4.69) is 9.97 Å². The molecule has 0 aromatic carbocycles. The molecule has 3 N–H and O–H groups in total. The molecule has 1 atom stereocenters. The third kappa shape index (κ3) is 21.4. The molecule has 0 aliphatic heterocycles. The number of imidazole rings is 2. The molecule has 62 heavy (non-hydrogen) atoms. The van der Waals surface area contributed by atoms with Crippen molar-refractivity contribution in [2.45, 2.75) is 157 Å². The van der Waals surface area contributed by atoms with Crippen molar-refractivity contribution in [2.24, 2.45) is 5.73 Å². The topological polar surface area (TPSA) is 248 Å². The van der Waals surface area contributed by atoms with Crippen LogP contribution in [0.3, 0.4) is 0 Å². The summed E-state index contributed by atoms with van der Waals surface area (Å²) in [5.74, 6) is -4.23. The summed E-state index contributed by atoms with van der Waals surface area (Å²) in [5, 5.41) is 9.29. The number of carboxylic acids is 1. The Morgan fingerprint density at radius 3 is 1.21 bits per heavy atom.